The SMILES string of the molecule is CCCC1(CC)N=CC(C)=N1. The van der Waals surface area contributed by atoms with Crippen molar-refractivity contribution in [3.05, 3.63) is 0 Å². The van der Waals surface area contributed by atoms with E-state index in [-0.39, 0.29) is 5.66 Å². The first-order chi connectivity index (χ1) is 5.22. The van der Waals surface area contributed by atoms with Crippen LogP contribution in [0.3, 0.4) is 0 Å². The van der Waals surface area contributed by atoms with E-state index in [1.54, 1.807) is 0 Å². The van der Waals surface area contributed by atoms with Gasteiger partial charge in [0.25, 0.3) is 0 Å². The fourth-order valence-corrected chi connectivity index (χ4v) is 1.47. The minimum absolute atomic E-state index is 0.0845. The van der Waals surface area contributed by atoms with Gasteiger partial charge in [0.05, 0.1) is 5.71 Å². The monoisotopic (exact) mass is 152 g/mol. The third-order valence-corrected chi connectivity index (χ3v) is 2.09. The van der Waals surface area contributed by atoms with E-state index in [2.05, 4.69) is 23.8 Å². The van der Waals surface area contributed by atoms with E-state index < -0.39 is 0 Å². The van der Waals surface area contributed by atoms with Gasteiger partial charge in [-0.1, -0.05) is 20.3 Å². The van der Waals surface area contributed by atoms with E-state index in [9.17, 15) is 0 Å². The third-order valence-electron chi connectivity index (χ3n) is 2.09. The average molecular weight is 152 g/mol. The first-order valence-corrected chi connectivity index (χ1v) is 4.34. The van der Waals surface area contributed by atoms with E-state index in [4.69, 9.17) is 0 Å². The molecule has 1 aliphatic heterocycles. The van der Waals surface area contributed by atoms with Gasteiger partial charge in [-0.25, -0.2) is 0 Å². The zero-order valence-electron chi connectivity index (χ0n) is 7.59. The second-order valence-corrected chi connectivity index (χ2v) is 3.10. The van der Waals surface area contributed by atoms with Crippen LogP contribution in [0.5, 0.6) is 0 Å². The molecule has 0 radical (unpaired) electrons. The maximum absolute atomic E-state index is 4.52. The lowest BCUT2D eigenvalue weighted by Crippen LogP contribution is -2.19. The Bertz CT molecular complexity index is 194. The lowest BCUT2D eigenvalue weighted by molar-refractivity contribution is 0.405. The van der Waals surface area contributed by atoms with Crippen LogP contribution in [-0.2, 0) is 0 Å². The molecule has 0 saturated heterocycles. The van der Waals surface area contributed by atoms with Crippen LogP contribution in [0.15, 0.2) is 9.98 Å². The molecule has 11 heavy (non-hydrogen) atoms. The summed E-state index contributed by atoms with van der Waals surface area (Å²) in [5, 5.41) is 0. The number of hydrogen-bond donors (Lipinski definition) is 0. The van der Waals surface area contributed by atoms with Crippen LogP contribution in [0, 0.1) is 0 Å². The molecule has 0 aliphatic carbocycles. The first-order valence-electron chi connectivity index (χ1n) is 4.34. The fourth-order valence-electron chi connectivity index (χ4n) is 1.47. The predicted molar refractivity (Wildman–Crippen MR) is 49.5 cm³/mol. The van der Waals surface area contributed by atoms with Crippen molar-refractivity contribution in [2.45, 2.75) is 45.7 Å². The summed E-state index contributed by atoms with van der Waals surface area (Å²) in [6.07, 6.45) is 5.15. The topological polar surface area (TPSA) is 24.7 Å². The Balaban J connectivity index is 2.71. The molecule has 1 heterocycles. The van der Waals surface area contributed by atoms with Crippen LogP contribution in [0.2, 0.25) is 0 Å². The molecule has 1 aliphatic rings. The van der Waals surface area contributed by atoms with Crippen molar-refractivity contribution in [1.82, 2.24) is 0 Å². The zero-order chi connectivity index (χ0) is 8.32. The molecule has 0 bridgehead atoms. The van der Waals surface area contributed by atoms with Gasteiger partial charge < -0.3 is 0 Å². The fraction of sp³-hybridized carbons (Fsp3) is 0.778. The second-order valence-electron chi connectivity index (χ2n) is 3.10. The van der Waals surface area contributed by atoms with Gasteiger partial charge in [0.2, 0.25) is 0 Å². The summed E-state index contributed by atoms with van der Waals surface area (Å²) in [5.74, 6) is 0. The predicted octanol–water partition coefficient (Wildman–Crippen LogP) is 2.44. The molecular weight excluding hydrogens is 136 g/mol. The van der Waals surface area contributed by atoms with Gasteiger partial charge in [-0.05, 0) is 19.8 Å². The van der Waals surface area contributed by atoms with Crippen LogP contribution in [-0.4, -0.2) is 17.6 Å². The van der Waals surface area contributed by atoms with E-state index in [1.165, 1.54) is 0 Å². The highest BCUT2D eigenvalue weighted by Crippen LogP contribution is 2.26. The molecule has 0 N–H and O–H groups in total. The molecule has 0 aromatic carbocycles. The number of nitrogens with zero attached hydrogens (tertiary/aromatic N) is 2. The van der Waals surface area contributed by atoms with Crippen LogP contribution < -0.4 is 0 Å². The largest absolute Gasteiger partial charge is 0.262 e. The summed E-state index contributed by atoms with van der Waals surface area (Å²) in [6.45, 7) is 6.34. The maximum atomic E-state index is 4.52. The lowest BCUT2D eigenvalue weighted by atomic mass is 10.0. The summed E-state index contributed by atoms with van der Waals surface area (Å²) < 4.78 is 0. The highest BCUT2D eigenvalue weighted by atomic mass is 15.1. The molecular formula is C9H16N2. The van der Waals surface area contributed by atoms with Gasteiger partial charge in [-0.3, -0.25) is 9.98 Å². The molecule has 2 nitrogen and oxygen atoms in total. The van der Waals surface area contributed by atoms with E-state index in [0.717, 1.165) is 25.0 Å². The van der Waals surface area contributed by atoms with Crippen LogP contribution in [0.4, 0.5) is 0 Å². The molecule has 0 aromatic rings. The molecule has 62 valence electrons. The molecule has 0 amide bonds. The molecule has 0 fully saturated rings. The number of rotatable bonds is 3. The normalized spacial score (nSPS) is 29.2. The second kappa shape index (κ2) is 3.16. The summed E-state index contributed by atoms with van der Waals surface area (Å²) in [6, 6.07) is 0. The van der Waals surface area contributed by atoms with Crippen LogP contribution >= 0.6 is 0 Å². The van der Waals surface area contributed by atoms with Crippen molar-refractivity contribution in [3.8, 4) is 0 Å². The van der Waals surface area contributed by atoms with Gasteiger partial charge in [0.15, 0.2) is 0 Å². The Kier molecular flexibility index (Phi) is 2.42. The van der Waals surface area contributed by atoms with Gasteiger partial charge in [-0.15, -0.1) is 0 Å². The summed E-state index contributed by atoms with van der Waals surface area (Å²) in [4.78, 5) is 8.95. The molecule has 1 unspecified atom stereocenters. The van der Waals surface area contributed by atoms with Gasteiger partial charge >= 0.3 is 0 Å². The number of hydrogen-bond acceptors (Lipinski definition) is 2. The van der Waals surface area contributed by atoms with Crippen molar-refractivity contribution in [2.75, 3.05) is 0 Å². The Hall–Kier alpha value is -0.660. The molecule has 1 atom stereocenters. The highest BCUT2D eigenvalue weighted by Gasteiger charge is 2.27. The summed E-state index contributed by atoms with van der Waals surface area (Å²) in [7, 11) is 0. The lowest BCUT2D eigenvalue weighted by Gasteiger charge is -2.19. The van der Waals surface area contributed by atoms with Gasteiger partial charge in [-0.2, -0.15) is 0 Å². The first kappa shape index (κ1) is 8.44. The van der Waals surface area contributed by atoms with Crippen molar-refractivity contribution in [1.29, 1.82) is 0 Å². The summed E-state index contributed by atoms with van der Waals surface area (Å²) in [5.41, 5.74) is 0.985. The number of aliphatic imine (C=N–C) groups is 2. The molecule has 2 heteroatoms. The Labute approximate surface area is 68.4 Å². The van der Waals surface area contributed by atoms with Crippen molar-refractivity contribution in [2.24, 2.45) is 9.98 Å². The van der Waals surface area contributed by atoms with Gasteiger partial charge in [0.1, 0.15) is 5.66 Å². The average Bonchev–Trinajstić information content (AvgIpc) is 2.34. The minimum atomic E-state index is -0.0845. The Morgan fingerprint density at radius 3 is 2.55 bits per heavy atom. The van der Waals surface area contributed by atoms with E-state index in [0.29, 0.717) is 0 Å². The van der Waals surface area contributed by atoms with E-state index >= 15 is 0 Å². The van der Waals surface area contributed by atoms with Crippen molar-refractivity contribution in [3.63, 3.8) is 0 Å². The minimum Gasteiger partial charge on any atom is -0.262 e. The maximum Gasteiger partial charge on any atom is 0.150 e. The Morgan fingerprint density at radius 1 is 1.45 bits per heavy atom. The standard InChI is InChI=1S/C9H16N2/c1-4-6-9(5-2)10-7-8(3)11-9/h7H,4-6H2,1-3H3. The van der Waals surface area contributed by atoms with Crippen LogP contribution in [0.1, 0.15) is 40.0 Å². The van der Waals surface area contributed by atoms with Gasteiger partial charge in [0, 0.05) is 6.21 Å². The highest BCUT2D eigenvalue weighted by molar-refractivity contribution is 6.30. The molecule has 0 spiro atoms. The molecule has 0 saturated carbocycles. The van der Waals surface area contributed by atoms with Crippen molar-refractivity contribution >= 4 is 11.9 Å². The van der Waals surface area contributed by atoms with E-state index in [1.807, 2.05) is 13.1 Å². The molecule has 1 rings (SSSR count). The third kappa shape index (κ3) is 1.67. The van der Waals surface area contributed by atoms with Crippen molar-refractivity contribution < 1.29 is 0 Å². The Morgan fingerprint density at radius 2 is 2.18 bits per heavy atom. The van der Waals surface area contributed by atoms with Crippen LogP contribution in [0.25, 0.3) is 0 Å². The summed E-state index contributed by atoms with van der Waals surface area (Å²) >= 11 is 0. The smallest absolute Gasteiger partial charge is 0.150 e. The quantitative estimate of drug-likeness (QED) is 0.593. The zero-order valence-corrected chi connectivity index (χ0v) is 7.59. The molecule has 0 aromatic heterocycles.